The molecule has 2 amide bonds. The number of aryl methyl sites for hydroxylation is 2. The lowest BCUT2D eigenvalue weighted by Crippen LogP contribution is -2.27. The first-order valence-corrected chi connectivity index (χ1v) is 9.95. The van der Waals surface area contributed by atoms with Gasteiger partial charge in [0.15, 0.2) is 0 Å². The number of fused-ring (bicyclic) bond motifs is 1. The van der Waals surface area contributed by atoms with E-state index in [0.29, 0.717) is 12.0 Å². The highest BCUT2D eigenvalue weighted by atomic mass is 16.2. The lowest BCUT2D eigenvalue weighted by molar-refractivity contribution is -0.117. The molecule has 1 aliphatic carbocycles. The summed E-state index contributed by atoms with van der Waals surface area (Å²) in [4.78, 5) is 26.3. The standard InChI is InChI=1S/C23H26N2O2/c1-16(19-9-8-17-5-2-3-6-20(17)15-19)24-23(27)18-10-12-21(13-11-18)25-14-4-7-22(25)26/h8-13,15-16H,2-7,14H2,1H3,(H,24,27). The molecule has 140 valence electrons. The van der Waals surface area contributed by atoms with Gasteiger partial charge < -0.3 is 10.2 Å². The van der Waals surface area contributed by atoms with E-state index in [4.69, 9.17) is 0 Å². The average molecular weight is 362 g/mol. The number of hydrogen-bond acceptors (Lipinski definition) is 2. The zero-order valence-electron chi connectivity index (χ0n) is 15.8. The fourth-order valence-electron chi connectivity index (χ4n) is 4.10. The van der Waals surface area contributed by atoms with Gasteiger partial charge in [0, 0.05) is 24.2 Å². The van der Waals surface area contributed by atoms with E-state index in [0.717, 1.165) is 30.6 Å². The molecule has 4 nitrogen and oxygen atoms in total. The molecule has 0 aromatic heterocycles. The topological polar surface area (TPSA) is 49.4 Å². The predicted molar refractivity (Wildman–Crippen MR) is 107 cm³/mol. The molecule has 1 unspecified atom stereocenters. The van der Waals surface area contributed by atoms with Crippen LogP contribution in [0.3, 0.4) is 0 Å². The van der Waals surface area contributed by atoms with E-state index in [1.807, 2.05) is 19.1 Å². The summed E-state index contributed by atoms with van der Waals surface area (Å²) in [6.07, 6.45) is 6.35. The van der Waals surface area contributed by atoms with E-state index in [2.05, 4.69) is 23.5 Å². The van der Waals surface area contributed by atoms with Gasteiger partial charge in [-0.3, -0.25) is 9.59 Å². The summed E-state index contributed by atoms with van der Waals surface area (Å²) in [6, 6.07) is 13.9. The van der Waals surface area contributed by atoms with Gasteiger partial charge in [0.25, 0.3) is 5.91 Å². The molecule has 0 saturated carbocycles. The second kappa shape index (κ2) is 7.55. The van der Waals surface area contributed by atoms with Gasteiger partial charge in [-0.15, -0.1) is 0 Å². The maximum atomic E-state index is 12.6. The normalized spacial score (nSPS) is 17.5. The fourth-order valence-corrected chi connectivity index (χ4v) is 4.10. The van der Waals surface area contributed by atoms with Crippen molar-refractivity contribution < 1.29 is 9.59 Å². The first-order chi connectivity index (χ1) is 13.1. The van der Waals surface area contributed by atoms with Crippen LogP contribution in [-0.2, 0) is 17.6 Å². The summed E-state index contributed by atoms with van der Waals surface area (Å²) in [5, 5.41) is 3.10. The number of amides is 2. The first kappa shape index (κ1) is 17.8. The van der Waals surface area contributed by atoms with Crippen molar-refractivity contribution in [1.29, 1.82) is 0 Å². The third-order valence-electron chi connectivity index (χ3n) is 5.73. The highest BCUT2D eigenvalue weighted by Gasteiger charge is 2.22. The largest absolute Gasteiger partial charge is 0.346 e. The molecule has 2 aromatic rings. The Hall–Kier alpha value is -2.62. The molecule has 1 N–H and O–H groups in total. The SMILES string of the molecule is CC(NC(=O)c1ccc(N2CCCC2=O)cc1)c1ccc2c(c1)CCCC2. The smallest absolute Gasteiger partial charge is 0.251 e. The minimum Gasteiger partial charge on any atom is -0.346 e. The van der Waals surface area contributed by atoms with Crippen molar-refractivity contribution >= 4 is 17.5 Å². The summed E-state index contributed by atoms with van der Waals surface area (Å²) >= 11 is 0. The number of nitrogens with zero attached hydrogens (tertiary/aromatic N) is 1. The molecule has 1 fully saturated rings. The number of anilines is 1. The molecular weight excluding hydrogens is 336 g/mol. The monoisotopic (exact) mass is 362 g/mol. The fraction of sp³-hybridized carbons (Fsp3) is 0.391. The van der Waals surface area contributed by atoms with Gasteiger partial charge in [0.1, 0.15) is 0 Å². The van der Waals surface area contributed by atoms with Crippen LogP contribution in [0.15, 0.2) is 42.5 Å². The van der Waals surface area contributed by atoms with Crippen LogP contribution in [0.2, 0.25) is 0 Å². The number of nitrogens with one attached hydrogen (secondary N) is 1. The summed E-state index contributed by atoms with van der Waals surface area (Å²) in [5.41, 5.74) is 5.53. The number of carbonyl (C=O) groups excluding carboxylic acids is 2. The Morgan fingerprint density at radius 3 is 2.41 bits per heavy atom. The van der Waals surface area contributed by atoms with E-state index in [9.17, 15) is 9.59 Å². The van der Waals surface area contributed by atoms with Crippen LogP contribution in [0.25, 0.3) is 0 Å². The molecule has 1 aliphatic heterocycles. The highest BCUT2D eigenvalue weighted by Crippen LogP contribution is 2.25. The highest BCUT2D eigenvalue weighted by molar-refractivity contribution is 5.97. The first-order valence-electron chi connectivity index (χ1n) is 9.95. The quantitative estimate of drug-likeness (QED) is 0.887. The van der Waals surface area contributed by atoms with E-state index < -0.39 is 0 Å². The Balaban J connectivity index is 1.43. The van der Waals surface area contributed by atoms with E-state index in [1.54, 1.807) is 17.0 Å². The van der Waals surface area contributed by atoms with Gasteiger partial charge in [0.2, 0.25) is 5.91 Å². The third kappa shape index (κ3) is 3.75. The Labute approximate surface area is 160 Å². The van der Waals surface area contributed by atoms with Crippen LogP contribution in [0.5, 0.6) is 0 Å². The van der Waals surface area contributed by atoms with E-state index >= 15 is 0 Å². The Morgan fingerprint density at radius 2 is 1.70 bits per heavy atom. The minimum absolute atomic E-state index is 0.0374. The Morgan fingerprint density at radius 1 is 0.963 bits per heavy atom. The number of rotatable bonds is 4. The van der Waals surface area contributed by atoms with Gasteiger partial charge in [-0.2, -0.15) is 0 Å². The maximum absolute atomic E-state index is 12.6. The molecule has 0 bridgehead atoms. The van der Waals surface area contributed by atoms with Gasteiger partial charge >= 0.3 is 0 Å². The predicted octanol–water partition coefficient (Wildman–Crippen LogP) is 4.18. The maximum Gasteiger partial charge on any atom is 0.251 e. The van der Waals surface area contributed by atoms with Gasteiger partial charge in [-0.05, 0) is 80.0 Å². The molecule has 0 radical (unpaired) electrons. The van der Waals surface area contributed by atoms with Crippen LogP contribution in [-0.4, -0.2) is 18.4 Å². The van der Waals surface area contributed by atoms with Gasteiger partial charge in [-0.25, -0.2) is 0 Å². The second-order valence-corrected chi connectivity index (χ2v) is 7.63. The summed E-state index contributed by atoms with van der Waals surface area (Å²) in [7, 11) is 0. The van der Waals surface area contributed by atoms with Crippen LogP contribution >= 0.6 is 0 Å². The molecule has 2 aromatic carbocycles. The molecule has 1 heterocycles. The van der Waals surface area contributed by atoms with Crippen molar-refractivity contribution in [3.05, 3.63) is 64.7 Å². The summed E-state index contributed by atoms with van der Waals surface area (Å²) < 4.78 is 0. The molecule has 1 saturated heterocycles. The van der Waals surface area contributed by atoms with E-state index in [1.165, 1.54) is 30.4 Å². The Kier molecular flexibility index (Phi) is 4.97. The number of carbonyl (C=O) groups is 2. The summed E-state index contributed by atoms with van der Waals surface area (Å²) in [6.45, 7) is 2.79. The molecule has 4 rings (SSSR count). The minimum atomic E-state index is -0.0838. The van der Waals surface area contributed by atoms with Crippen molar-refractivity contribution in [2.24, 2.45) is 0 Å². The second-order valence-electron chi connectivity index (χ2n) is 7.63. The molecule has 1 atom stereocenters. The van der Waals surface area contributed by atoms with Crippen molar-refractivity contribution in [2.75, 3.05) is 11.4 Å². The zero-order chi connectivity index (χ0) is 18.8. The number of hydrogen-bond donors (Lipinski definition) is 1. The van der Waals surface area contributed by atoms with Crippen LogP contribution in [0, 0.1) is 0 Å². The van der Waals surface area contributed by atoms with Crippen LogP contribution < -0.4 is 10.2 Å². The lowest BCUT2D eigenvalue weighted by atomic mass is 9.89. The molecule has 4 heteroatoms. The van der Waals surface area contributed by atoms with Crippen LogP contribution in [0.4, 0.5) is 5.69 Å². The van der Waals surface area contributed by atoms with Crippen molar-refractivity contribution in [3.63, 3.8) is 0 Å². The third-order valence-corrected chi connectivity index (χ3v) is 5.73. The lowest BCUT2D eigenvalue weighted by Gasteiger charge is -2.20. The van der Waals surface area contributed by atoms with E-state index in [-0.39, 0.29) is 17.9 Å². The number of benzene rings is 2. The molecule has 0 spiro atoms. The summed E-state index contributed by atoms with van der Waals surface area (Å²) in [5.74, 6) is 0.0766. The van der Waals surface area contributed by atoms with Crippen molar-refractivity contribution in [3.8, 4) is 0 Å². The zero-order valence-corrected chi connectivity index (χ0v) is 15.8. The Bertz CT molecular complexity index is 857. The molecule has 27 heavy (non-hydrogen) atoms. The van der Waals surface area contributed by atoms with Gasteiger partial charge in [0.05, 0.1) is 6.04 Å². The van der Waals surface area contributed by atoms with Crippen molar-refractivity contribution in [1.82, 2.24) is 5.32 Å². The average Bonchev–Trinajstić information content (AvgIpc) is 3.13. The van der Waals surface area contributed by atoms with Gasteiger partial charge in [-0.1, -0.05) is 18.2 Å². The molecule has 2 aliphatic rings. The van der Waals surface area contributed by atoms with Crippen molar-refractivity contribution in [2.45, 2.75) is 51.5 Å². The van der Waals surface area contributed by atoms with Crippen LogP contribution in [0.1, 0.15) is 65.7 Å². The molecular formula is C23H26N2O2.